The summed E-state index contributed by atoms with van der Waals surface area (Å²) in [7, 11) is 0. The molecule has 0 spiro atoms. The number of benzene rings is 1. The smallest absolute Gasteiger partial charge is 0.139 e. The Morgan fingerprint density at radius 1 is 1.13 bits per heavy atom. The van der Waals surface area contributed by atoms with Crippen LogP contribution in [-0.4, -0.2) is 59.5 Å². The maximum absolute atomic E-state index is 10.9. The number of piperidine rings is 1. The largest absolute Gasteiger partial charge is 0.387 e. The summed E-state index contributed by atoms with van der Waals surface area (Å²) in [4.78, 5) is 19.1. The quantitative estimate of drug-likeness (QED) is 0.688. The molecule has 4 heterocycles. The molecule has 2 aliphatic heterocycles. The van der Waals surface area contributed by atoms with Crippen LogP contribution in [0.3, 0.4) is 0 Å². The fraction of sp³-hybridized carbons (Fsp3) is 0.500. The van der Waals surface area contributed by atoms with E-state index in [0.717, 1.165) is 78.8 Å². The lowest BCUT2D eigenvalue weighted by Crippen LogP contribution is -2.38. The van der Waals surface area contributed by atoms with Crippen molar-refractivity contribution in [1.29, 1.82) is 0 Å². The molecule has 2 saturated heterocycles. The number of aliphatic hydroxyl groups excluding tert-OH is 1. The molecule has 2 atom stereocenters. The summed E-state index contributed by atoms with van der Waals surface area (Å²) < 4.78 is 5.47. The predicted molar refractivity (Wildman–Crippen MR) is 119 cm³/mol. The van der Waals surface area contributed by atoms with Gasteiger partial charge in [0, 0.05) is 49.4 Å². The number of aliphatic hydroxyl groups is 1. The molecule has 1 aromatic carbocycles. The van der Waals surface area contributed by atoms with Gasteiger partial charge >= 0.3 is 0 Å². The molecule has 30 heavy (non-hydrogen) atoms. The minimum absolute atomic E-state index is 0.177. The minimum Gasteiger partial charge on any atom is -0.387 e. The van der Waals surface area contributed by atoms with Crippen LogP contribution in [0.5, 0.6) is 0 Å². The fourth-order valence-electron chi connectivity index (χ4n) is 4.51. The Kier molecular flexibility index (Phi) is 5.54. The van der Waals surface area contributed by atoms with Gasteiger partial charge in [0.25, 0.3) is 0 Å². The standard InChI is InChI=1S/C22H27N5O2S/c1-15-23-12-20(30-15)21(28)16-3-2-6-27(13-16)22-18-5-4-17(11-19(18)24-14-25-22)26-7-9-29-10-8-26/h4-5,11-12,14,16,21,28H,2-3,6-10,13H2,1H3. The van der Waals surface area contributed by atoms with Gasteiger partial charge in [-0.1, -0.05) is 0 Å². The van der Waals surface area contributed by atoms with E-state index in [0.29, 0.717) is 0 Å². The van der Waals surface area contributed by atoms with E-state index in [1.54, 1.807) is 17.7 Å². The molecule has 7 nitrogen and oxygen atoms in total. The molecular weight excluding hydrogens is 398 g/mol. The molecule has 0 bridgehead atoms. The first-order valence-corrected chi connectivity index (χ1v) is 11.4. The first-order chi connectivity index (χ1) is 14.7. The maximum Gasteiger partial charge on any atom is 0.139 e. The highest BCUT2D eigenvalue weighted by atomic mass is 32.1. The van der Waals surface area contributed by atoms with Crippen LogP contribution in [0.15, 0.2) is 30.7 Å². The van der Waals surface area contributed by atoms with Gasteiger partial charge in [-0.25, -0.2) is 15.0 Å². The molecule has 0 saturated carbocycles. The zero-order chi connectivity index (χ0) is 20.5. The number of aromatic nitrogens is 3. The zero-order valence-electron chi connectivity index (χ0n) is 17.2. The second-order valence-electron chi connectivity index (χ2n) is 8.07. The summed E-state index contributed by atoms with van der Waals surface area (Å²) in [6.45, 7) is 7.07. The molecule has 2 fully saturated rings. The molecule has 1 N–H and O–H groups in total. The molecule has 2 aromatic heterocycles. The molecule has 158 valence electrons. The topological polar surface area (TPSA) is 74.6 Å². The van der Waals surface area contributed by atoms with Crippen molar-refractivity contribution < 1.29 is 9.84 Å². The summed E-state index contributed by atoms with van der Waals surface area (Å²) in [5.41, 5.74) is 2.15. The van der Waals surface area contributed by atoms with Crippen LogP contribution in [0.25, 0.3) is 10.9 Å². The van der Waals surface area contributed by atoms with Crippen LogP contribution in [-0.2, 0) is 4.74 Å². The van der Waals surface area contributed by atoms with Crippen molar-refractivity contribution in [3.63, 3.8) is 0 Å². The van der Waals surface area contributed by atoms with Gasteiger partial charge in [0.05, 0.1) is 34.7 Å². The molecule has 2 aliphatic rings. The van der Waals surface area contributed by atoms with Crippen LogP contribution in [0.4, 0.5) is 11.5 Å². The van der Waals surface area contributed by atoms with E-state index in [9.17, 15) is 5.11 Å². The van der Waals surface area contributed by atoms with Crippen LogP contribution >= 0.6 is 11.3 Å². The number of nitrogens with zero attached hydrogens (tertiary/aromatic N) is 5. The van der Waals surface area contributed by atoms with Crippen LogP contribution < -0.4 is 9.80 Å². The lowest BCUT2D eigenvalue weighted by atomic mass is 9.91. The Labute approximate surface area is 180 Å². The second-order valence-corrected chi connectivity index (χ2v) is 9.34. The van der Waals surface area contributed by atoms with E-state index in [4.69, 9.17) is 4.74 Å². The number of hydrogen-bond donors (Lipinski definition) is 1. The molecule has 2 unspecified atom stereocenters. The highest BCUT2D eigenvalue weighted by molar-refractivity contribution is 7.11. The number of rotatable bonds is 4. The molecule has 0 aliphatic carbocycles. The predicted octanol–water partition coefficient (Wildman–Crippen LogP) is 3.18. The lowest BCUT2D eigenvalue weighted by Gasteiger charge is -2.36. The third kappa shape index (κ3) is 3.87. The van der Waals surface area contributed by atoms with Crippen molar-refractivity contribution in [2.45, 2.75) is 25.9 Å². The monoisotopic (exact) mass is 425 g/mol. The van der Waals surface area contributed by atoms with Gasteiger partial charge in [0.2, 0.25) is 0 Å². The Bertz CT molecular complexity index is 1020. The molecule has 8 heteroatoms. The number of aryl methyl sites for hydroxylation is 1. The van der Waals surface area contributed by atoms with Gasteiger partial charge in [0.15, 0.2) is 0 Å². The van der Waals surface area contributed by atoms with Gasteiger partial charge < -0.3 is 19.6 Å². The Balaban J connectivity index is 1.39. The van der Waals surface area contributed by atoms with Gasteiger partial charge in [-0.2, -0.15) is 0 Å². The normalized spacial score (nSPS) is 21.2. The molecule has 0 amide bonds. The number of fused-ring (bicyclic) bond motifs is 1. The van der Waals surface area contributed by atoms with Gasteiger partial charge in [0.1, 0.15) is 12.1 Å². The minimum atomic E-state index is -0.472. The van der Waals surface area contributed by atoms with Crippen molar-refractivity contribution in [3.05, 3.63) is 40.6 Å². The summed E-state index contributed by atoms with van der Waals surface area (Å²) >= 11 is 1.59. The SMILES string of the molecule is Cc1ncc(C(O)C2CCCN(c3ncnc4cc(N5CCOCC5)ccc34)C2)s1. The van der Waals surface area contributed by atoms with Gasteiger partial charge in [-0.15, -0.1) is 11.3 Å². The average Bonchev–Trinajstić information content (AvgIpc) is 3.24. The lowest BCUT2D eigenvalue weighted by molar-refractivity contribution is 0.101. The summed E-state index contributed by atoms with van der Waals surface area (Å²) in [6.07, 6.45) is 5.06. The van der Waals surface area contributed by atoms with E-state index in [-0.39, 0.29) is 5.92 Å². The van der Waals surface area contributed by atoms with Gasteiger partial charge in [-0.05, 0) is 38.0 Å². The molecular formula is C22H27N5O2S. The number of ether oxygens (including phenoxy) is 1. The number of anilines is 2. The van der Waals surface area contributed by atoms with Crippen LogP contribution in [0.1, 0.15) is 28.8 Å². The second kappa shape index (κ2) is 8.45. The first-order valence-electron chi connectivity index (χ1n) is 10.6. The van der Waals surface area contributed by atoms with Crippen molar-refractivity contribution in [3.8, 4) is 0 Å². The van der Waals surface area contributed by atoms with Crippen LogP contribution in [0.2, 0.25) is 0 Å². The third-order valence-corrected chi connectivity index (χ3v) is 7.09. The third-order valence-electron chi connectivity index (χ3n) is 6.11. The first kappa shape index (κ1) is 19.7. The highest BCUT2D eigenvalue weighted by Crippen LogP contribution is 2.35. The zero-order valence-corrected chi connectivity index (χ0v) is 18.0. The van der Waals surface area contributed by atoms with E-state index in [1.165, 1.54) is 5.69 Å². The van der Waals surface area contributed by atoms with Gasteiger partial charge in [-0.3, -0.25) is 0 Å². The van der Waals surface area contributed by atoms with Crippen molar-refractivity contribution >= 4 is 33.7 Å². The summed E-state index contributed by atoms with van der Waals surface area (Å²) in [5.74, 6) is 1.14. The van der Waals surface area contributed by atoms with E-state index in [1.807, 2.05) is 13.1 Å². The van der Waals surface area contributed by atoms with Crippen molar-refractivity contribution in [1.82, 2.24) is 15.0 Å². The van der Waals surface area contributed by atoms with E-state index < -0.39 is 6.10 Å². The Hall–Kier alpha value is -2.29. The number of thiazole rings is 1. The average molecular weight is 426 g/mol. The summed E-state index contributed by atoms with van der Waals surface area (Å²) in [5, 5.41) is 13.0. The van der Waals surface area contributed by atoms with Crippen LogP contribution in [0, 0.1) is 12.8 Å². The number of morpholine rings is 1. The van der Waals surface area contributed by atoms with E-state index >= 15 is 0 Å². The molecule has 5 rings (SSSR count). The van der Waals surface area contributed by atoms with Crippen molar-refractivity contribution in [2.24, 2.45) is 5.92 Å². The molecule has 3 aromatic rings. The Morgan fingerprint density at radius 3 is 2.80 bits per heavy atom. The maximum atomic E-state index is 10.9. The summed E-state index contributed by atoms with van der Waals surface area (Å²) in [6, 6.07) is 6.46. The van der Waals surface area contributed by atoms with Crippen molar-refractivity contribution in [2.75, 3.05) is 49.2 Å². The molecule has 0 radical (unpaired) electrons. The highest BCUT2D eigenvalue weighted by Gasteiger charge is 2.29. The Morgan fingerprint density at radius 2 is 2.00 bits per heavy atom. The fourth-order valence-corrected chi connectivity index (χ4v) is 5.37. The van der Waals surface area contributed by atoms with E-state index in [2.05, 4.69) is 43.0 Å². The number of hydrogen-bond acceptors (Lipinski definition) is 8.